The number of carbonyl (C=O) groups excluding carboxylic acids is 1. The van der Waals surface area contributed by atoms with E-state index in [9.17, 15) is 9.18 Å². The molecule has 0 atom stereocenters. The lowest BCUT2D eigenvalue weighted by Crippen LogP contribution is -2.36. The average Bonchev–Trinajstić information content (AvgIpc) is 3.34. The molecule has 31 heavy (non-hydrogen) atoms. The van der Waals surface area contributed by atoms with Gasteiger partial charge in [0.1, 0.15) is 10.8 Å². The zero-order valence-corrected chi connectivity index (χ0v) is 17.7. The maximum atomic E-state index is 13.5. The molecule has 0 bridgehead atoms. The fraction of sp³-hybridized carbons (Fsp3) is 0.261. The van der Waals surface area contributed by atoms with E-state index in [2.05, 4.69) is 19.9 Å². The molecule has 158 valence electrons. The van der Waals surface area contributed by atoms with E-state index in [1.807, 2.05) is 40.6 Å². The molecule has 4 aromatic rings. The van der Waals surface area contributed by atoms with Gasteiger partial charge in [-0.3, -0.25) is 4.79 Å². The third kappa shape index (κ3) is 4.29. The number of para-hydroxylation sites is 2. The number of hydrogen-bond donors (Lipinski definition) is 1. The van der Waals surface area contributed by atoms with Crippen molar-refractivity contribution in [1.82, 2.24) is 19.9 Å². The second-order valence-electron chi connectivity index (χ2n) is 7.63. The fourth-order valence-corrected chi connectivity index (χ4v) is 4.69. The predicted molar refractivity (Wildman–Crippen MR) is 121 cm³/mol. The van der Waals surface area contributed by atoms with E-state index in [0.717, 1.165) is 59.3 Å². The van der Waals surface area contributed by atoms with Crippen LogP contribution in [0.15, 0.2) is 53.9 Å². The van der Waals surface area contributed by atoms with Crippen LogP contribution in [-0.4, -0.2) is 51.9 Å². The smallest absolute Gasteiger partial charge is 0.228 e. The summed E-state index contributed by atoms with van der Waals surface area (Å²) >= 11 is 1.43. The molecule has 0 aliphatic carbocycles. The highest BCUT2D eigenvalue weighted by molar-refractivity contribution is 7.13. The number of aromatic nitrogens is 3. The van der Waals surface area contributed by atoms with Crippen LogP contribution in [0.4, 0.5) is 10.3 Å². The second kappa shape index (κ2) is 8.47. The van der Waals surface area contributed by atoms with E-state index < -0.39 is 0 Å². The number of imidazole rings is 1. The highest BCUT2D eigenvalue weighted by atomic mass is 32.1. The topological polar surface area (TPSA) is 65.1 Å². The van der Waals surface area contributed by atoms with Crippen molar-refractivity contribution in [1.29, 1.82) is 0 Å². The Kier molecular flexibility index (Phi) is 5.38. The summed E-state index contributed by atoms with van der Waals surface area (Å²) in [5.41, 5.74) is 3.44. The van der Waals surface area contributed by atoms with Gasteiger partial charge in [-0.05, 0) is 30.7 Å². The van der Waals surface area contributed by atoms with Gasteiger partial charge in [-0.25, -0.2) is 14.4 Å². The van der Waals surface area contributed by atoms with Gasteiger partial charge in [-0.15, -0.1) is 11.3 Å². The normalized spacial score (nSPS) is 14.7. The van der Waals surface area contributed by atoms with Crippen molar-refractivity contribution in [3.8, 4) is 10.6 Å². The van der Waals surface area contributed by atoms with Gasteiger partial charge in [0.25, 0.3) is 0 Å². The summed E-state index contributed by atoms with van der Waals surface area (Å²) in [5, 5.41) is 2.62. The Morgan fingerprint density at radius 1 is 1.06 bits per heavy atom. The monoisotopic (exact) mass is 435 g/mol. The van der Waals surface area contributed by atoms with Gasteiger partial charge in [0.2, 0.25) is 11.9 Å². The molecule has 0 saturated carbocycles. The van der Waals surface area contributed by atoms with Crippen molar-refractivity contribution in [3.05, 3.63) is 65.4 Å². The number of carbonyl (C=O) groups is 1. The van der Waals surface area contributed by atoms with Crippen LogP contribution in [0.2, 0.25) is 0 Å². The van der Waals surface area contributed by atoms with E-state index in [4.69, 9.17) is 0 Å². The Bertz CT molecular complexity index is 1190. The molecule has 1 aliphatic heterocycles. The van der Waals surface area contributed by atoms with Gasteiger partial charge < -0.3 is 14.8 Å². The number of hydrogen-bond acceptors (Lipinski definition) is 5. The number of amides is 1. The highest BCUT2D eigenvalue weighted by Crippen LogP contribution is 2.25. The number of benzene rings is 2. The van der Waals surface area contributed by atoms with Gasteiger partial charge in [0, 0.05) is 37.1 Å². The molecule has 3 heterocycles. The molecule has 6 nitrogen and oxygen atoms in total. The Morgan fingerprint density at radius 2 is 1.97 bits per heavy atom. The summed E-state index contributed by atoms with van der Waals surface area (Å²) in [7, 11) is 0. The third-order valence-corrected chi connectivity index (χ3v) is 6.42. The predicted octanol–water partition coefficient (Wildman–Crippen LogP) is 4.11. The summed E-state index contributed by atoms with van der Waals surface area (Å²) in [4.78, 5) is 29.6. The standard InChI is InChI=1S/C23H22FN5OS/c24-17-6-3-5-16(13-17)22-25-18(15-31-22)14-21(30)28-9-4-10-29(12-11-28)23-26-19-7-1-2-8-20(19)27-23/h1-3,5-8,13,15H,4,9-12,14H2,(H,26,27). The fourth-order valence-electron chi connectivity index (χ4n) is 3.88. The largest absolute Gasteiger partial charge is 0.341 e. The number of H-pyrrole nitrogens is 1. The minimum atomic E-state index is -0.288. The number of halogens is 1. The van der Waals surface area contributed by atoms with Crippen LogP contribution in [0, 0.1) is 5.82 Å². The summed E-state index contributed by atoms with van der Waals surface area (Å²) in [6.45, 7) is 2.95. The first kappa shape index (κ1) is 19.7. The Morgan fingerprint density at radius 3 is 2.84 bits per heavy atom. The Hall–Kier alpha value is -3.26. The van der Waals surface area contributed by atoms with Gasteiger partial charge in [0.05, 0.1) is 23.1 Å². The zero-order chi connectivity index (χ0) is 21.2. The molecule has 0 radical (unpaired) electrons. The van der Waals surface area contributed by atoms with Crippen LogP contribution < -0.4 is 4.90 Å². The molecule has 5 rings (SSSR count). The van der Waals surface area contributed by atoms with Crippen LogP contribution in [0.3, 0.4) is 0 Å². The summed E-state index contributed by atoms with van der Waals surface area (Å²) in [6, 6.07) is 14.4. The molecular formula is C23H22FN5OS. The number of fused-ring (bicyclic) bond motifs is 1. The van der Waals surface area contributed by atoms with E-state index in [0.29, 0.717) is 6.54 Å². The highest BCUT2D eigenvalue weighted by Gasteiger charge is 2.22. The number of thiazole rings is 1. The quantitative estimate of drug-likeness (QED) is 0.524. The molecule has 0 spiro atoms. The molecule has 2 aromatic carbocycles. The molecular weight excluding hydrogens is 413 g/mol. The lowest BCUT2D eigenvalue weighted by molar-refractivity contribution is -0.130. The molecule has 1 aliphatic rings. The summed E-state index contributed by atoms with van der Waals surface area (Å²) < 4.78 is 13.5. The van der Waals surface area contributed by atoms with Crippen molar-refractivity contribution in [3.63, 3.8) is 0 Å². The maximum Gasteiger partial charge on any atom is 0.228 e. The Balaban J connectivity index is 1.22. The minimum Gasteiger partial charge on any atom is -0.341 e. The lowest BCUT2D eigenvalue weighted by Gasteiger charge is -2.21. The minimum absolute atomic E-state index is 0.0718. The van der Waals surface area contributed by atoms with Crippen molar-refractivity contribution in [2.75, 3.05) is 31.1 Å². The van der Waals surface area contributed by atoms with E-state index in [1.54, 1.807) is 6.07 Å². The lowest BCUT2D eigenvalue weighted by atomic mass is 10.2. The van der Waals surface area contributed by atoms with Gasteiger partial charge in [-0.1, -0.05) is 24.3 Å². The van der Waals surface area contributed by atoms with Crippen LogP contribution in [0.1, 0.15) is 12.1 Å². The van der Waals surface area contributed by atoms with Crippen LogP contribution in [0.5, 0.6) is 0 Å². The first-order valence-corrected chi connectivity index (χ1v) is 11.2. The van der Waals surface area contributed by atoms with E-state index >= 15 is 0 Å². The summed E-state index contributed by atoms with van der Waals surface area (Å²) in [5.74, 6) is 0.640. The summed E-state index contributed by atoms with van der Waals surface area (Å²) in [6.07, 6.45) is 1.14. The first-order valence-electron chi connectivity index (χ1n) is 10.3. The number of anilines is 1. The van der Waals surface area contributed by atoms with Crippen LogP contribution in [0.25, 0.3) is 21.6 Å². The second-order valence-corrected chi connectivity index (χ2v) is 8.49. The number of aromatic amines is 1. The average molecular weight is 436 g/mol. The zero-order valence-electron chi connectivity index (χ0n) is 16.9. The van der Waals surface area contributed by atoms with Crippen molar-refractivity contribution < 1.29 is 9.18 Å². The third-order valence-electron chi connectivity index (χ3n) is 5.48. The maximum absolute atomic E-state index is 13.5. The van der Waals surface area contributed by atoms with Crippen molar-refractivity contribution >= 4 is 34.2 Å². The number of nitrogens with one attached hydrogen (secondary N) is 1. The number of nitrogens with zero attached hydrogens (tertiary/aromatic N) is 4. The molecule has 8 heteroatoms. The van der Waals surface area contributed by atoms with Gasteiger partial charge in [-0.2, -0.15) is 0 Å². The van der Waals surface area contributed by atoms with E-state index in [1.165, 1.54) is 23.5 Å². The molecule has 1 fully saturated rings. The van der Waals surface area contributed by atoms with Crippen molar-refractivity contribution in [2.45, 2.75) is 12.8 Å². The van der Waals surface area contributed by atoms with Crippen molar-refractivity contribution in [2.24, 2.45) is 0 Å². The SMILES string of the molecule is O=C(Cc1csc(-c2cccc(F)c2)n1)N1CCCN(c2nc3ccccc3[nH]2)CC1. The van der Waals surface area contributed by atoms with Crippen LogP contribution in [-0.2, 0) is 11.2 Å². The molecule has 0 unspecified atom stereocenters. The molecule has 1 saturated heterocycles. The number of rotatable bonds is 4. The van der Waals surface area contributed by atoms with E-state index in [-0.39, 0.29) is 18.1 Å². The molecule has 1 N–H and O–H groups in total. The molecule has 2 aromatic heterocycles. The molecule has 1 amide bonds. The van der Waals surface area contributed by atoms with Gasteiger partial charge >= 0.3 is 0 Å². The Labute approximate surface area is 183 Å². The van der Waals surface area contributed by atoms with Gasteiger partial charge in [0.15, 0.2) is 0 Å². The van der Waals surface area contributed by atoms with Crippen LogP contribution >= 0.6 is 11.3 Å². The first-order chi connectivity index (χ1) is 15.2.